The Morgan fingerprint density at radius 2 is 2.05 bits per heavy atom. The summed E-state index contributed by atoms with van der Waals surface area (Å²) < 4.78 is 10.4. The number of nitrogens with one attached hydrogen (secondary N) is 2. The summed E-state index contributed by atoms with van der Waals surface area (Å²) >= 11 is 0. The summed E-state index contributed by atoms with van der Waals surface area (Å²) in [6.07, 6.45) is 1.29. The second-order valence-corrected chi connectivity index (χ2v) is 4.05. The Balaban J connectivity index is 2.58. The molecule has 5 heteroatoms. The maximum atomic E-state index is 11.8. The first-order chi connectivity index (χ1) is 9.22. The number of rotatable bonds is 8. The van der Waals surface area contributed by atoms with Crippen molar-refractivity contribution < 1.29 is 14.3 Å². The number of benzene rings is 1. The van der Waals surface area contributed by atoms with Crippen molar-refractivity contribution in [3.05, 3.63) is 18.2 Å². The van der Waals surface area contributed by atoms with E-state index in [0.717, 1.165) is 19.5 Å². The van der Waals surface area contributed by atoms with Gasteiger partial charge in [-0.1, -0.05) is 13.0 Å². The molecule has 0 saturated heterocycles. The number of amides is 1. The zero-order chi connectivity index (χ0) is 14.1. The van der Waals surface area contributed by atoms with Crippen LogP contribution in [0.15, 0.2) is 18.2 Å². The third kappa shape index (κ3) is 4.79. The number of anilines is 1. The molecule has 0 heterocycles. The summed E-state index contributed by atoms with van der Waals surface area (Å²) in [6.45, 7) is 3.81. The number of carbonyl (C=O) groups excluding carboxylic acids is 1. The van der Waals surface area contributed by atoms with Crippen molar-refractivity contribution in [3.8, 4) is 11.5 Å². The molecule has 1 amide bonds. The van der Waals surface area contributed by atoms with E-state index in [9.17, 15) is 4.79 Å². The molecule has 0 saturated carbocycles. The van der Waals surface area contributed by atoms with E-state index in [4.69, 9.17) is 9.47 Å². The lowest BCUT2D eigenvalue weighted by Crippen LogP contribution is -2.18. The lowest BCUT2D eigenvalue weighted by Gasteiger charge is -2.13. The Kier molecular flexibility index (Phi) is 6.74. The van der Waals surface area contributed by atoms with E-state index in [1.54, 1.807) is 26.4 Å². The van der Waals surface area contributed by atoms with E-state index in [2.05, 4.69) is 10.6 Å². The maximum absolute atomic E-state index is 11.8. The van der Waals surface area contributed by atoms with Crippen molar-refractivity contribution in [2.75, 3.05) is 32.6 Å². The largest absolute Gasteiger partial charge is 0.493 e. The van der Waals surface area contributed by atoms with Crippen molar-refractivity contribution in [2.45, 2.75) is 19.8 Å². The van der Waals surface area contributed by atoms with Crippen LogP contribution in [0.1, 0.15) is 19.8 Å². The van der Waals surface area contributed by atoms with Crippen LogP contribution in [0, 0.1) is 0 Å². The molecule has 1 aromatic carbocycles. The molecule has 0 bridgehead atoms. The van der Waals surface area contributed by atoms with Crippen LogP contribution in [0.3, 0.4) is 0 Å². The highest BCUT2D eigenvalue weighted by Crippen LogP contribution is 2.34. The molecule has 1 rings (SSSR count). The second kappa shape index (κ2) is 8.37. The monoisotopic (exact) mass is 266 g/mol. The van der Waals surface area contributed by atoms with E-state index in [1.165, 1.54) is 0 Å². The zero-order valence-electron chi connectivity index (χ0n) is 11.8. The Morgan fingerprint density at radius 1 is 1.26 bits per heavy atom. The predicted octanol–water partition coefficient (Wildman–Crippen LogP) is 2.03. The predicted molar refractivity (Wildman–Crippen MR) is 76.0 cm³/mol. The van der Waals surface area contributed by atoms with Crippen LogP contribution in [-0.2, 0) is 4.79 Å². The van der Waals surface area contributed by atoms with Crippen LogP contribution in [0.2, 0.25) is 0 Å². The van der Waals surface area contributed by atoms with Gasteiger partial charge in [0.15, 0.2) is 11.5 Å². The number of carbonyl (C=O) groups is 1. The standard InChI is InChI=1S/C14H22N2O3/c1-4-15-10-6-9-13(17)16-11-7-5-8-12(18-2)14(11)19-3/h5,7-8,15H,4,6,9-10H2,1-3H3,(H,16,17). The summed E-state index contributed by atoms with van der Waals surface area (Å²) in [4.78, 5) is 11.8. The van der Waals surface area contributed by atoms with Gasteiger partial charge in [0.05, 0.1) is 19.9 Å². The number of hydrogen-bond donors (Lipinski definition) is 2. The Hall–Kier alpha value is -1.75. The molecule has 106 valence electrons. The van der Waals surface area contributed by atoms with Crippen LogP contribution in [0.5, 0.6) is 11.5 Å². The van der Waals surface area contributed by atoms with E-state index in [0.29, 0.717) is 23.6 Å². The van der Waals surface area contributed by atoms with Gasteiger partial charge in [-0.05, 0) is 31.6 Å². The van der Waals surface area contributed by atoms with Gasteiger partial charge in [0, 0.05) is 6.42 Å². The minimum Gasteiger partial charge on any atom is -0.493 e. The maximum Gasteiger partial charge on any atom is 0.224 e. The molecule has 0 aliphatic rings. The summed E-state index contributed by atoms with van der Waals surface area (Å²) in [7, 11) is 3.12. The van der Waals surface area contributed by atoms with Crippen LogP contribution >= 0.6 is 0 Å². The lowest BCUT2D eigenvalue weighted by atomic mass is 10.2. The Labute approximate surface area is 114 Å². The van der Waals surface area contributed by atoms with E-state index < -0.39 is 0 Å². The second-order valence-electron chi connectivity index (χ2n) is 4.05. The SMILES string of the molecule is CCNCCCC(=O)Nc1cccc(OC)c1OC. The Morgan fingerprint density at radius 3 is 2.68 bits per heavy atom. The van der Waals surface area contributed by atoms with E-state index in [1.807, 2.05) is 13.0 Å². The van der Waals surface area contributed by atoms with Gasteiger partial charge in [0.25, 0.3) is 0 Å². The number of para-hydroxylation sites is 1. The highest BCUT2D eigenvalue weighted by molar-refractivity contribution is 5.92. The highest BCUT2D eigenvalue weighted by atomic mass is 16.5. The number of methoxy groups -OCH3 is 2. The zero-order valence-corrected chi connectivity index (χ0v) is 11.8. The minimum absolute atomic E-state index is 0.0237. The molecular formula is C14H22N2O3. The first-order valence-corrected chi connectivity index (χ1v) is 6.44. The molecule has 0 aliphatic heterocycles. The molecule has 0 fully saturated rings. The van der Waals surface area contributed by atoms with Gasteiger partial charge in [0.2, 0.25) is 5.91 Å². The van der Waals surface area contributed by atoms with Gasteiger partial charge in [-0.15, -0.1) is 0 Å². The molecule has 2 N–H and O–H groups in total. The third-order valence-corrected chi connectivity index (χ3v) is 2.68. The van der Waals surface area contributed by atoms with Gasteiger partial charge in [0.1, 0.15) is 0 Å². The first kappa shape index (κ1) is 15.3. The summed E-state index contributed by atoms with van der Waals surface area (Å²) in [5, 5.41) is 6.02. The summed E-state index contributed by atoms with van der Waals surface area (Å²) in [5.41, 5.74) is 0.635. The minimum atomic E-state index is -0.0237. The molecule has 0 unspecified atom stereocenters. The molecule has 0 radical (unpaired) electrons. The first-order valence-electron chi connectivity index (χ1n) is 6.44. The quantitative estimate of drug-likeness (QED) is 0.707. The van der Waals surface area contributed by atoms with Gasteiger partial charge < -0.3 is 20.1 Å². The lowest BCUT2D eigenvalue weighted by molar-refractivity contribution is -0.116. The molecule has 19 heavy (non-hydrogen) atoms. The van der Waals surface area contributed by atoms with Crippen molar-refractivity contribution in [3.63, 3.8) is 0 Å². The smallest absolute Gasteiger partial charge is 0.224 e. The highest BCUT2D eigenvalue weighted by Gasteiger charge is 2.11. The van der Waals surface area contributed by atoms with Gasteiger partial charge in [-0.25, -0.2) is 0 Å². The fraction of sp³-hybridized carbons (Fsp3) is 0.500. The van der Waals surface area contributed by atoms with Gasteiger partial charge in [-0.3, -0.25) is 4.79 Å². The molecule has 0 spiro atoms. The van der Waals surface area contributed by atoms with Crippen LogP contribution < -0.4 is 20.1 Å². The fourth-order valence-corrected chi connectivity index (χ4v) is 1.75. The fourth-order valence-electron chi connectivity index (χ4n) is 1.75. The Bertz CT molecular complexity index is 408. The van der Waals surface area contributed by atoms with Crippen molar-refractivity contribution in [1.29, 1.82) is 0 Å². The van der Waals surface area contributed by atoms with E-state index in [-0.39, 0.29) is 5.91 Å². The number of hydrogen-bond acceptors (Lipinski definition) is 4. The van der Waals surface area contributed by atoms with Crippen molar-refractivity contribution >= 4 is 11.6 Å². The van der Waals surface area contributed by atoms with Crippen molar-refractivity contribution in [1.82, 2.24) is 5.32 Å². The summed E-state index contributed by atoms with van der Waals surface area (Å²) in [6, 6.07) is 5.40. The van der Waals surface area contributed by atoms with Crippen LogP contribution in [0.4, 0.5) is 5.69 Å². The summed E-state index contributed by atoms with van der Waals surface area (Å²) in [5.74, 6) is 1.13. The topological polar surface area (TPSA) is 59.6 Å². The molecule has 1 aromatic rings. The van der Waals surface area contributed by atoms with Gasteiger partial charge in [-0.2, -0.15) is 0 Å². The van der Waals surface area contributed by atoms with Crippen molar-refractivity contribution in [2.24, 2.45) is 0 Å². The molecular weight excluding hydrogens is 244 g/mol. The molecule has 0 atom stereocenters. The average molecular weight is 266 g/mol. The van der Waals surface area contributed by atoms with Crippen LogP contribution in [-0.4, -0.2) is 33.2 Å². The third-order valence-electron chi connectivity index (χ3n) is 2.68. The number of ether oxygens (including phenoxy) is 2. The molecule has 0 aromatic heterocycles. The van der Waals surface area contributed by atoms with E-state index >= 15 is 0 Å². The van der Waals surface area contributed by atoms with Crippen LogP contribution in [0.25, 0.3) is 0 Å². The normalized spacial score (nSPS) is 10.1. The van der Waals surface area contributed by atoms with Gasteiger partial charge >= 0.3 is 0 Å². The molecule has 5 nitrogen and oxygen atoms in total. The molecule has 0 aliphatic carbocycles. The average Bonchev–Trinajstić information content (AvgIpc) is 2.43.